The molecule has 2 N–H and O–H groups in total. The average Bonchev–Trinajstić information content (AvgIpc) is 2.85. The van der Waals surface area contributed by atoms with E-state index in [9.17, 15) is 9.18 Å². The number of pyridine rings is 1. The highest BCUT2D eigenvalue weighted by Gasteiger charge is 2.24. The summed E-state index contributed by atoms with van der Waals surface area (Å²) in [5.74, 6) is -0.520. The van der Waals surface area contributed by atoms with Crippen molar-refractivity contribution in [3.63, 3.8) is 0 Å². The van der Waals surface area contributed by atoms with Crippen molar-refractivity contribution in [3.8, 4) is 0 Å². The summed E-state index contributed by atoms with van der Waals surface area (Å²) in [7, 11) is 0. The maximum atomic E-state index is 13.9. The number of hydrogen-bond acceptors (Lipinski definition) is 3. The standard InChI is InChI=1S/C16H16FN3O/c1-10(21)19-12-5-6-13(17)15(9-12)20-14-7-4-11-3-2-8-18-16(11)14/h2-3,5-6,8-9,14,20H,4,7H2,1H3,(H,19,21). The van der Waals surface area contributed by atoms with Gasteiger partial charge in [0, 0.05) is 18.8 Å². The van der Waals surface area contributed by atoms with Crippen LogP contribution in [0, 0.1) is 5.82 Å². The number of benzene rings is 1. The molecule has 0 aliphatic heterocycles. The Morgan fingerprint density at radius 3 is 3.05 bits per heavy atom. The van der Waals surface area contributed by atoms with Gasteiger partial charge >= 0.3 is 0 Å². The minimum Gasteiger partial charge on any atom is -0.374 e. The van der Waals surface area contributed by atoms with Gasteiger partial charge in [0.2, 0.25) is 5.91 Å². The second kappa shape index (κ2) is 5.52. The highest BCUT2D eigenvalue weighted by molar-refractivity contribution is 5.89. The minimum absolute atomic E-state index is 0.00304. The van der Waals surface area contributed by atoms with E-state index < -0.39 is 0 Å². The Bertz CT molecular complexity index is 687. The Kier molecular flexibility index (Phi) is 3.56. The van der Waals surface area contributed by atoms with Gasteiger partial charge in [-0.25, -0.2) is 4.39 Å². The summed E-state index contributed by atoms with van der Waals surface area (Å²) in [6.07, 6.45) is 3.58. The second-order valence-electron chi connectivity index (χ2n) is 5.16. The van der Waals surface area contributed by atoms with Crippen LogP contribution in [0.2, 0.25) is 0 Å². The molecule has 0 bridgehead atoms. The number of aryl methyl sites for hydroxylation is 1. The van der Waals surface area contributed by atoms with Gasteiger partial charge in [0.15, 0.2) is 0 Å². The van der Waals surface area contributed by atoms with Crippen LogP contribution in [-0.4, -0.2) is 10.9 Å². The predicted octanol–water partition coefficient (Wildman–Crippen LogP) is 3.28. The molecule has 0 spiro atoms. The van der Waals surface area contributed by atoms with Crippen molar-refractivity contribution in [2.24, 2.45) is 0 Å². The number of rotatable bonds is 3. The smallest absolute Gasteiger partial charge is 0.221 e. The quantitative estimate of drug-likeness (QED) is 0.910. The van der Waals surface area contributed by atoms with E-state index in [4.69, 9.17) is 0 Å². The molecule has 1 aromatic carbocycles. The fourth-order valence-electron chi connectivity index (χ4n) is 2.66. The second-order valence-corrected chi connectivity index (χ2v) is 5.16. The van der Waals surface area contributed by atoms with Crippen molar-refractivity contribution >= 4 is 17.3 Å². The van der Waals surface area contributed by atoms with E-state index >= 15 is 0 Å². The third-order valence-corrected chi connectivity index (χ3v) is 3.57. The van der Waals surface area contributed by atoms with E-state index in [2.05, 4.69) is 15.6 Å². The maximum Gasteiger partial charge on any atom is 0.221 e. The molecule has 1 unspecified atom stereocenters. The molecule has 1 atom stereocenters. The average molecular weight is 285 g/mol. The van der Waals surface area contributed by atoms with Gasteiger partial charge < -0.3 is 10.6 Å². The van der Waals surface area contributed by atoms with E-state index in [0.717, 1.165) is 18.5 Å². The molecular weight excluding hydrogens is 269 g/mol. The van der Waals surface area contributed by atoms with E-state index in [0.29, 0.717) is 11.4 Å². The Hall–Kier alpha value is -2.43. The lowest BCUT2D eigenvalue weighted by molar-refractivity contribution is -0.114. The summed E-state index contributed by atoms with van der Waals surface area (Å²) in [5.41, 5.74) is 3.13. The number of anilines is 2. The molecule has 0 fully saturated rings. The Labute approximate surface area is 122 Å². The van der Waals surface area contributed by atoms with Gasteiger partial charge in [-0.05, 0) is 42.7 Å². The first-order valence-electron chi connectivity index (χ1n) is 6.91. The van der Waals surface area contributed by atoms with E-state index in [-0.39, 0.29) is 17.8 Å². The molecule has 0 saturated heterocycles. The fourth-order valence-corrected chi connectivity index (χ4v) is 2.66. The van der Waals surface area contributed by atoms with Gasteiger partial charge in [-0.1, -0.05) is 6.07 Å². The third kappa shape index (κ3) is 2.86. The largest absolute Gasteiger partial charge is 0.374 e. The lowest BCUT2D eigenvalue weighted by atomic mass is 10.2. The summed E-state index contributed by atoms with van der Waals surface area (Å²) in [6, 6.07) is 8.47. The van der Waals surface area contributed by atoms with Crippen molar-refractivity contribution in [2.45, 2.75) is 25.8 Å². The van der Waals surface area contributed by atoms with Crippen molar-refractivity contribution in [2.75, 3.05) is 10.6 Å². The van der Waals surface area contributed by atoms with Gasteiger partial charge in [0.1, 0.15) is 5.82 Å². The molecular formula is C16H16FN3O. The number of hydrogen-bond donors (Lipinski definition) is 2. The Morgan fingerprint density at radius 1 is 1.38 bits per heavy atom. The van der Waals surface area contributed by atoms with Crippen molar-refractivity contribution in [3.05, 3.63) is 53.6 Å². The monoisotopic (exact) mass is 285 g/mol. The van der Waals surface area contributed by atoms with Crippen LogP contribution in [0.1, 0.15) is 30.6 Å². The van der Waals surface area contributed by atoms with Gasteiger partial charge in [0.25, 0.3) is 0 Å². The number of amides is 1. The number of carbonyl (C=O) groups excluding carboxylic acids is 1. The van der Waals surface area contributed by atoms with Crippen LogP contribution in [0.15, 0.2) is 36.5 Å². The first-order chi connectivity index (χ1) is 10.1. The van der Waals surface area contributed by atoms with Crippen molar-refractivity contribution in [1.29, 1.82) is 0 Å². The number of aromatic nitrogens is 1. The zero-order valence-electron chi connectivity index (χ0n) is 11.7. The molecule has 5 heteroatoms. The third-order valence-electron chi connectivity index (χ3n) is 3.57. The molecule has 0 saturated carbocycles. The maximum absolute atomic E-state index is 13.9. The molecule has 3 rings (SSSR count). The first kappa shape index (κ1) is 13.5. The summed E-state index contributed by atoms with van der Waals surface area (Å²) in [4.78, 5) is 15.5. The molecule has 4 nitrogen and oxygen atoms in total. The van der Waals surface area contributed by atoms with Gasteiger partial charge in [-0.3, -0.25) is 9.78 Å². The highest BCUT2D eigenvalue weighted by atomic mass is 19.1. The van der Waals surface area contributed by atoms with Crippen LogP contribution < -0.4 is 10.6 Å². The van der Waals surface area contributed by atoms with Gasteiger partial charge in [-0.2, -0.15) is 0 Å². The van der Waals surface area contributed by atoms with Crippen LogP contribution in [-0.2, 0) is 11.2 Å². The van der Waals surface area contributed by atoms with Crippen LogP contribution >= 0.6 is 0 Å². The van der Waals surface area contributed by atoms with Crippen LogP contribution in [0.25, 0.3) is 0 Å². The summed E-state index contributed by atoms with van der Waals surface area (Å²) in [6.45, 7) is 1.42. The van der Waals surface area contributed by atoms with E-state index in [1.807, 2.05) is 12.1 Å². The van der Waals surface area contributed by atoms with E-state index in [1.165, 1.54) is 18.6 Å². The SMILES string of the molecule is CC(=O)Nc1ccc(F)c(NC2CCc3cccnc32)c1. The molecule has 108 valence electrons. The number of fused-ring (bicyclic) bond motifs is 1. The number of halogens is 1. The highest BCUT2D eigenvalue weighted by Crippen LogP contribution is 2.33. The Morgan fingerprint density at radius 2 is 2.24 bits per heavy atom. The van der Waals surface area contributed by atoms with E-state index in [1.54, 1.807) is 18.3 Å². The first-order valence-corrected chi connectivity index (χ1v) is 6.91. The molecule has 0 radical (unpaired) electrons. The summed E-state index contributed by atoms with van der Waals surface area (Å²) in [5, 5.41) is 5.85. The topological polar surface area (TPSA) is 54.0 Å². The molecule has 1 amide bonds. The van der Waals surface area contributed by atoms with Crippen molar-refractivity contribution < 1.29 is 9.18 Å². The molecule has 1 aliphatic rings. The number of nitrogens with one attached hydrogen (secondary N) is 2. The minimum atomic E-state index is -0.339. The molecule has 1 aliphatic carbocycles. The zero-order chi connectivity index (χ0) is 14.8. The van der Waals surface area contributed by atoms with Crippen LogP contribution in [0.3, 0.4) is 0 Å². The number of nitrogens with zero attached hydrogens (tertiary/aromatic N) is 1. The lowest BCUT2D eigenvalue weighted by Crippen LogP contribution is -2.11. The zero-order valence-corrected chi connectivity index (χ0v) is 11.7. The van der Waals surface area contributed by atoms with Gasteiger partial charge in [0.05, 0.1) is 17.4 Å². The lowest BCUT2D eigenvalue weighted by Gasteiger charge is -2.16. The van der Waals surface area contributed by atoms with Crippen molar-refractivity contribution in [1.82, 2.24) is 4.98 Å². The summed E-state index contributed by atoms with van der Waals surface area (Å²) >= 11 is 0. The van der Waals surface area contributed by atoms with Crippen LogP contribution in [0.5, 0.6) is 0 Å². The Balaban J connectivity index is 1.84. The predicted molar refractivity (Wildman–Crippen MR) is 79.6 cm³/mol. The molecule has 1 aromatic heterocycles. The van der Waals surface area contributed by atoms with Crippen LogP contribution in [0.4, 0.5) is 15.8 Å². The molecule has 2 aromatic rings. The fraction of sp³-hybridized carbons (Fsp3) is 0.250. The number of carbonyl (C=O) groups is 1. The normalized spacial score (nSPS) is 16.4. The van der Waals surface area contributed by atoms with Gasteiger partial charge in [-0.15, -0.1) is 0 Å². The molecule has 21 heavy (non-hydrogen) atoms. The molecule has 1 heterocycles. The summed E-state index contributed by atoms with van der Waals surface area (Å²) < 4.78 is 13.9.